The fourth-order valence-corrected chi connectivity index (χ4v) is 2.56. The summed E-state index contributed by atoms with van der Waals surface area (Å²) < 4.78 is 0. The molecule has 0 radical (unpaired) electrons. The zero-order chi connectivity index (χ0) is 12.1. The van der Waals surface area contributed by atoms with Crippen LogP contribution >= 0.6 is 0 Å². The lowest BCUT2D eigenvalue weighted by Gasteiger charge is -2.26. The molecule has 0 spiro atoms. The molecule has 1 amide bonds. The molecule has 0 heterocycles. The Bertz CT molecular complexity index is 243. The zero-order valence-electron chi connectivity index (χ0n) is 11.0. The predicted molar refractivity (Wildman–Crippen MR) is 69.8 cm³/mol. The molecule has 0 aromatic heterocycles. The van der Waals surface area contributed by atoms with Crippen LogP contribution in [0, 0.1) is 11.8 Å². The number of rotatable bonds is 6. The smallest absolute Gasteiger partial charge is 0.221 e. The lowest BCUT2D eigenvalue weighted by atomic mass is 9.83. The van der Waals surface area contributed by atoms with Crippen LogP contribution in [-0.2, 0) is 4.79 Å². The third-order valence-corrected chi connectivity index (χ3v) is 4.09. The van der Waals surface area contributed by atoms with Gasteiger partial charge in [0.05, 0.1) is 0 Å². The van der Waals surface area contributed by atoms with Crippen LogP contribution in [0.5, 0.6) is 0 Å². The van der Waals surface area contributed by atoms with Crippen molar-refractivity contribution in [3.63, 3.8) is 0 Å². The number of nitrogens with one attached hydrogen (secondary N) is 2. The normalized spacial score (nSPS) is 29.0. The van der Waals surface area contributed by atoms with Crippen molar-refractivity contribution in [3.05, 3.63) is 0 Å². The quantitative estimate of drug-likeness (QED) is 0.744. The van der Waals surface area contributed by atoms with Crippen LogP contribution in [0.25, 0.3) is 0 Å². The fraction of sp³-hybridized carbons (Fsp3) is 0.929. The summed E-state index contributed by atoms with van der Waals surface area (Å²) in [5, 5.41) is 6.45. The molecule has 0 saturated heterocycles. The van der Waals surface area contributed by atoms with E-state index in [4.69, 9.17) is 0 Å². The van der Waals surface area contributed by atoms with Gasteiger partial charge in [0.1, 0.15) is 0 Å². The molecule has 98 valence electrons. The average Bonchev–Trinajstić information content (AvgIpc) is 3.12. The van der Waals surface area contributed by atoms with Crippen molar-refractivity contribution in [1.29, 1.82) is 0 Å². The summed E-state index contributed by atoms with van der Waals surface area (Å²) in [4.78, 5) is 11.6. The van der Waals surface area contributed by atoms with Gasteiger partial charge in [0, 0.05) is 25.6 Å². The van der Waals surface area contributed by atoms with Gasteiger partial charge < -0.3 is 10.6 Å². The molecule has 0 aromatic rings. The molecule has 0 aromatic carbocycles. The predicted octanol–water partition coefficient (Wildman–Crippen LogP) is 2.07. The molecule has 2 aliphatic carbocycles. The van der Waals surface area contributed by atoms with Crippen LogP contribution in [0.3, 0.4) is 0 Å². The Morgan fingerprint density at radius 2 is 1.82 bits per heavy atom. The van der Waals surface area contributed by atoms with E-state index >= 15 is 0 Å². The molecule has 0 bridgehead atoms. The lowest BCUT2D eigenvalue weighted by Crippen LogP contribution is -2.33. The van der Waals surface area contributed by atoms with Gasteiger partial charge in [0.25, 0.3) is 0 Å². The molecule has 2 N–H and O–H groups in total. The minimum Gasteiger partial charge on any atom is -0.356 e. The van der Waals surface area contributed by atoms with Crippen LogP contribution in [0.15, 0.2) is 0 Å². The van der Waals surface area contributed by atoms with Gasteiger partial charge >= 0.3 is 0 Å². The first-order valence-electron chi connectivity index (χ1n) is 7.24. The molecule has 17 heavy (non-hydrogen) atoms. The van der Waals surface area contributed by atoms with Crippen LogP contribution in [0.1, 0.15) is 51.9 Å². The van der Waals surface area contributed by atoms with E-state index in [9.17, 15) is 4.79 Å². The van der Waals surface area contributed by atoms with Gasteiger partial charge in [-0.15, -0.1) is 0 Å². The lowest BCUT2D eigenvalue weighted by molar-refractivity contribution is -0.121. The summed E-state index contributed by atoms with van der Waals surface area (Å²) in [5.74, 6) is 1.84. The van der Waals surface area contributed by atoms with Crippen molar-refractivity contribution in [2.24, 2.45) is 11.8 Å². The highest BCUT2D eigenvalue weighted by Gasteiger charge is 2.21. The summed E-state index contributed by atoms with van der Waals surface area (Å²) in [6.45, 7) is 4.07. The van der Waals surface area contributed by atoms with Crippen molar-refractivity contribution < 1.29 is 4.79 Å². The van der Waals surface area contributed by atoms with Gasteiger partial charge in [0.15, 0.2) is 0 Å². The Hall–Kier alpha value is -0.570. The van der Waals surface area contributed by atoms with E-state index in [-0.39, 0.29) is 5.91 Å². The number of amides is 1. The average molecular weight is 238 g/mol. The standard InChI is InChI=1S/C14H26N2O/c1-11-2-4-12(5-3-11)10-16-14(17)8-9-15-13-6-7-13/h11-13,15H,2-10H2,1H3,(H,16,17). The number of carbonyl (C=O) groups is 1. The molecule has 3 nitrogen and oxygen atoms in total. The first kappa shape index (κ1) is 12.9. The molecule has 2 fully saturated rings. The third kappa shape index (κ3) is 5.07. The third-order valence-electron chi connectivity index (χ3n) is 4.09. The maximum atomic E-state index is 11.6. The summed E-state index contributed by atoms with van der Waals surface area (Å²) in [6, 6.07) is 0.711. The molecule has 2 rings (SSSR count). The Kier molecular flexibility index (Phi) is 4.84. The zero-order valence-corrected chi connectivity index (χ0v) is 11.0. The van der Waals surface area contributed by atoms with Gasteiger partial charge in [-0.3, -0.25) is 4.79 Å². The fourth-order valence-electron chi connectivity index (χ4n) is 2.56. The van der Waals surface area contributed by atoms with Gasteiger partial charge in [-0.25, -0.2) is 0 Å². The second-order valence-electron chi connectivity index (χ2n) is 5.91. The van der Waals surface area contributed by atoms with E-state index in [0.29, 0.717) is 12.5 Å². The van der Waals surface area contributed by atoms with Gasteiger partial charge in [-0.2, -0.15) is 0 Å². The van der Waals surface area contributed by atoms with Crippen molar-refractivity contribution in [2.75, 3.05) is 13.1 Å². The van der Waals surface area contributed by atoms with Gasteiger partial charge in [-0.05, 0) is 37.5 Å². The highest BCUT2D eigenvalue weighted by Crippen LogP contribution is 2.27. The molecule has 2 saturated carbocycles. The van der Waals surface area contributed by atoms with Gasteiger partial charge in [-0.1, -0.05) is 19.8 Å². The largest absolute Gasteiger partial charge is 0.356 e. The van der Waals surface area contributed by atoms with E-state index in [1.165, 1.54) is 38.5 Å². The number of hydrogen-bond donors (Lipinski definition) is 2. The first-order valence-corrected chi connectivity index (χ1v) is 7.24. The van der Waals surface area contributed by atoms with Crippen LogP contribution < -0.4 is 10.6 Å². The summed E-state index contributed by atoms with van der Waals surface area (Å²) in [7, 11) is 0. The summed E-state index contributed by atoms with van der Waals surface area (Å²) in [5.41, 5.74) is 0. The van der Waals surface area contributed by atoms with Crippen LogP contribution in [-0.4, -0.2) is 25.0 Å². The van der Waals surface area contributed by atoms with E-state index in [1.807, 2.05) is 0 Å². The van der Waals surface area contributed by atoms with E-state index in [1.54, 1.807) is 0 Å². The van der Waals surface area contributed by atoms with E-state index in [0.717, 1.165) is 24.9 Å². The molecule has 0 unspecified atom stereocenters. The minimum absolute atomic E-state index is 0.219. The summed E-state index contributed by atoms with van der Waals surface area (Å²) >= 11 is 0. The van der Waals surface area contributed by atoms with Crippen LogP contribution in [0.4, 0.5) is 0 Å². The Balaban J connectivity index is 1.49. The number of carbonyl (C=O) groups excluding carboxylic acids is 1. The molecular weight excluding hydrogens is 212 g/mol. The minimum atomic E-state index is 0.219. The second kappa shape index (κ2) is 6.39. The molecule has 0 atom stereocenters. The first-order chi connectivity index (χ1) is 8.24. The van der Waals surface area contributed by atoms with Crippen molar-refractivity contribution in [3.8, 4) is 0 Å². The highest BCUT2D eigenvalue weighted by molar-refractivity contribution is 5.76. The molecule has 2 aliphatic rings. The Labute approximate surface area is 105 Å². The van der Waals surface area contributed by atoms with Crippen molar-refractivity contribution in [1.82, 2.24) is 10.6 Å². The Morgan fingerprint density at radius 3 is 2.47 bits per heavy atom. The molecular formula is C14H26N2O. The van der Waals surface area contributed by atoms with Gasteiger partial charge in [0.2, 0.25) is 5.91 Å². The van der Waals surface area contributed by atoms with E-state index in [2.05, 4.69) is 17.6 Å². The van der Waals surface area contributed by atoms with Crippen molar-refractivity contribution >= 4 is 5.91 Å². The maximum absolute atomic E-state index is 11.6. The Morgan fingerprint density at radius 1 is 1.12 bits per heavy atom. The van der Waals surface area contributed by atoms with E-state index < -0.39 is 0 Å². The monoisotopic (exact) mass is 238 g/mol. The molecule has 0 aliphatic heterocycles. The maximum Gasteiger partial charge on any atom is 0.221 e. The number of hydrogen-bond acceptors (Lipinski definition) is 2. The molecule has 3 heteroatoms. The topological polar surface area (TPSA) is 41.1 Å². The SMILES string of the molecule is CC1CCC(CNC(=O)CCNC2CC2)CC1. The highest BCUT2D eigenvalue weighted by atomic mass is 16.1. The second-order valence-corrected chi connectivity index (χ2v) is 5.91. The van der Waals surface area contributed by atoms with Crippen LogP contribution in [0.2, 0.25) is 0 Å². The van der Waals surface area contributed by atoms with Crippen molar-refractivity contribution in [2.45, 2.75) is 57.9 Å². The summed E-state index contributed by atoms with van der Waals surface area (Å²) in [6.07, 6.45) is 8.49.